The van der Waals surface area contributed by atoms with Gasteiger partial charge in [-0.05, 0) is 48.1 Å². The Labute approximate surface area is 151 Å². The molecule has 0 aliphatic carbocycles. The Morgan fingerprint density at radius 3 is 2.79 bits per heavy atom. The van der Waals surface area contributed by atoms with Gasteiger partial charge < -0.3 is 14.8 Å². The predicted molar refractivity (Wildman–Crippen MR) is 99.7 cm³/mol. The van der Waals surface area contributed by atoms with Crippen LogP contribution in [0.3, 0.4) is 0 Å². The second-order valence-electron chi connectivity index (χ2n) is 4.82. The van der Waals surface area contributed by atoms with Gasteiger partial charge in [0.05, 0.1) is 7.11 Å². The number of ether oxygens (including phenoxy) is 2. The number of rotatable bonds is 6. The van der Waals surface area contributed by atoms with Crippen LogP contribution in [0.1, 0.15) is 11.1 Å². The van der Waals surface area contributed by atoms with Gasteiger partial charge in [0, 0.05) is 17.6 Å². The molecule has 3 N–H and O–H groups in total. The summed E-state index contributed by atoms with van der Waals surface area (Å²) < 4.78 is 11.2. The molecular formula is C17H19ClN3O2S+. The normalized spacial score (nSPS) is 10.5. The van der Waals surface area contributed by atoms with Crippen molar-refractivity contribution in [1.29, 1.82) is 0 Å². The van der Waals surface area contributed by atoms with Crippen LogP contribution in [-0.2, 0) is 6.61 Å². The number of halogens is 1. The second kappa shape index (κ2) is 9.10. The van der Waals surface area contributed by atoms with Gasteiger partial charge in [-0.3, -0.25) is 0 Å². The van der Waals surface area contributed by atoms with Crippen LogP contribution in [-0.4, -0.2) is 25.5 Å². The highest BCUT2D eigenvalue weighted by atomic mass is 35.5. The molecule has 0 radical (unpaired) electrons. The minimum absolute atomic E-state index is 0.413. The van der Waals surface area contributed by atoms with E-state index in [2.05, 4.69) is 15.8 Å². The Morgan fingerprint density at radius 1 is 1.25 bits per heavy atom. The summed E-state index contributed by atoms with van der Waals surface area (Å²) in [7, 11) is 3.35. The molecule has 0 aliphatic heterocycles. The minimum atomic E-state index is 0.413. The number of methoxy groups -OCH3 is 1. The first kappa shape index (κ1) is 18.0. The summed E-state index contributed by atoms with van der Waals surface area (Å²) in [5, 5.41) is 6.89. The van der Waals surface area contributed by atoms with Crippen molar-refractivity contribution in [1.82, 2.24) is 10.7 Å². The first-order valence-corrected chi connectivity index (χ1v) is 8.02. The molecule has 0 aromatic heterocycles. The molecule has 0 spiro atoms. The maximum Gasteiger partial charge on any atom is 0.223 e. The number of hydrogen-bond donors (Lipinski definition) is 3. The number of thiocarbonyl (C=S) groups is 1. The van der Waals surface area contributed by atoms with Gasteiger partial charge in [0.15, 0.2) is 17.7 Å². The summed E-state index contributed by atoms with van der Waals surface area (Å²) in [6.07, 6.45) is 1.77. The van der Waals surface area contributed by atoms with Crippen LogP contribution < -0.4 is 25.3 Å². The van der Waals surface area contributed by atoms with Gasteiger partial charge in [0.2, 0.25) is 5.11 Å². The molecule has 7 heteroatoms. The predicted octanol–water partition coefficient (Wildman–Crippen LogP) is 1.44. The Balaban J connectivity index is 2.04. The summed E-state index contributed by atoms with van der Waals surface area (Å²) in [5.41, 5.74) is 4.72. The Kier molecular flexibility index (Phi) is 6.84. The zero-order valence-electron chi connectivity index (χ0n) is 13.4. The summed E-state index contributed by atoms with van der Waals surface area (Å²) in [6.45, 7) is 0.413. The fourth-order valence-electron chi connectivity index (χ4n) is 1.93. The van der Waals surface area contributed by atoms with Gasteiger partial charge in [-0.2, -0.15) is 0 Å². The monoisotopic (exact) mass is 364 g/mol. The van der Waals surface area contributed by atoms with Crippen molar-refractivity contribution < 1.29 is 14.6 Å². The highest BCUT2D eigenvalue weighted by Gasteiger charge is 2.07. The number of benzene rings is 2. The van der Waals surface area contributed by atoms with Crippen LogP contribution in [0.15, 0.2) is 42.5 Å². The maximum atomic E-state index is 5.98. The first-order chi connectivity index (χ1) is 11.6. The van der Waals surface area contributed by atoms with Gasteiger partial charge in [-0.15, -0.1) is 10.5 Å². The van der Waals surface area contributed by atoms with Crippen molar-refractivity contribution in [2.24, 2.45) is 0 Å². The highest BCUT2D eigenvalue weighted by molar-refractivity contribution is 7.80. The Bertz CT molecular complexity index is 738. The number of hydrazone groups is 1. The summed E-state index contributed by atoms with van der Waals surface area (Å²) >= 11 is 10.9. The summed E-state index contributed by atoms with van der Waals surface area (Å²) in [6, 6.07) is 13.2. The summed E-state index contributed by atoms with van der Waals surface area (Å²) in [4.78, 5) is 0. The van der Waals surface area contributed by atoms with Crippen LogP contribution in [0.4, 0.5) is 0 Å². The zero-order valence-corrected chi connectivity index (χ0v) is 15.0. The molecule has 126 valence electrons. The van der Waals surface area contributed by atoms with E-state index in [0.717, 1.165) is 11.1 Å². The molecule has 2 aromatic rings. The first-order valence-electron chi connectivity index (χ1n) is 7.24. The van der Waals surface area contributed by atoms with Crippen LogP contribution in [0.2, 0.25) is 5.02 Å². The Morgan fingerprint density at radius 2 is 2.08 bits per heavy atom. The standard InChI is InChI=1S/C17H18ClN3O2S/c1-19-17(24)21-20-10-12-6-7-15(16(9-12)22-2)23-11-13-4-3-5-14(18)8-13/h3-10H,11H2,1-2H3,(H2,19,21,24)/p+1. The molecule has 0 atom stereocenters. The quantitative estimate of drug-likeness (QED) is 0.411. The average Bonchev–Trinajstić information content (AvgIpc) is 2.60. The lowest BCUT2D eigenvalue weighted by atomic mass is 10.2. The van der Waals surface area contributed by atoms with E-state index in [1.165, 1.54) is 0 Å². The second-order valence-corrected chi connectivity index (χ2v) is 5.67. The van der Waals surface area contributed by atoms with Crippen LogP contribution in [0.25, 0.3) is 0 Å². The number of nitrogens with one attached hydrogen (secondary N) is 3. The third kappa shape index (κ3) is 5.40. The van der Waals surface area contributed by atoms with Crippen LogP contribution in [0.5, 0.6) is 11.5 Å². The van der Waals surface area contributed by atoms with Gasteiger partial charge in [0.1, 0.15) is 6.61 Å². The molecule has 2 rings (SSSR count). The number of hydrogen-bond acceptors (Lipinski definition) is 3. The minimum Gasteiger partial charge on any atom is -0.493 e. The Hall–Kier alpha value is -2.31. The van der Waals surface area contributed by atoms with E-state index in [9.17, 15) is 0 Å². The van der Waals surface area contributed by atoms with Gasteiger partial charge in [-0.25, -0.2) is 0 Å². The third-order valence-electron chi connectivity index (χ3n) is 3.12. The molecule has 0 bridgehead atoms. The number of hydrazine groups is 1. The molecule has 2 aromatic carbocycles. The molecule has 0 heterocycles. The lowest BCUT2D eigenvalue weighted by Crippen LogP contribution is -2.82. The molecule has 24 heavy (non-hydrogen) atoms. The molecule has 0 saturated carbocycles. The fourth-order valence-corrected chi connectivity index (χ4v) is 2.20. The van der Waals surface area contributed by atoms with Gasteiger partial charge in [0.25, 0.3) is 0 Å². The van der Waals surface area contributed by atoms with Crippen molar-refractivity contribution >= 4 is 35.1 Å². The smallest absolute Gasteiger partial charge is 0.223 e. The van der Waals surface area contributed by atoms with Gasteiger partial charge in [-0.1, -0.05) is 23.7 Å². The molecule has 0 unspecified atom stereocenters. The molecule has 0 amide bonds. The third-order valence-corrected chi connectivity index (χ3v) is 3.66. The lowest BCUT2D eigenvalue weighted by molar-refractivity contribution is -0.500. The van der Waals surface area contributed by atoms with E-state index in [1.54, 1.807) is 20.4 Å². The van der Waals surface area contributed by atoms with E-state index < -0.39 is 0 Å². The maximum absolute atomic E-state index is 5.98. The highest BCUT2D eigenvalue weighted by Crippen LogP contribution is 2.28. The largest absolute Gasteiger partial charge is 0.493 e. The van der Waals surface area contributed by atoms with E-state index >= 15 is 0 Å². The van der Waals surface area contributed by atoms with E-state index in [1.807, 2.05) is 42.5 Å². The van der Waals surface area contributed by atoms with Crippen molar-refractivity contribution in [3.05, 3.63) is 58.6 Å². The van der Waals surface area contributed by atoms with Crippen molar-refractivity contribution in [2.75, 3.05) is 14.2 Å². The molecule has 5 nitrogen and oxygen atoms in total. The average molecular weight is 365 g/mol. The topological polar surface area (TPSA) is 56.5 Å². The van der Waals surface area contributed by atoms with Crippen molar-refractivity contribution in [3.8, 4) is 11.5 Å². The van der Waals surface area contributed by atoms with Crippen LogP contribution in [0, 0.1) is 0 Å². The lowest BCUT2D eigenvalue weighted by Gasteiger charge is -2.11. The summed E-state index contributed by atoms with van der Waals surface area (Å²) in [5.74, 6) is 1.30. The van der Waals surface area contributed by atoms with Crippen LogP contribution >= 0.6 is 23.8 Å². The van der Waals surface area contributed by atoms with Crippen molar-refractivity contribution in [3.63, 3.8) is 0 Å². The SMILES string of the molecule is CNC(=S)N[NH+]=Cc1ccc(OCc2cccc(Cl)c2)c(OC)c1. The van der Waals surface area contributed by atoms with E-state index in [4.69, 9.17) is 33.3 Å². The van der Waals surface area contributed by atoms with Gasteiger partial charge >= 0.3 is 0 Å². The molecular weight excluding hydrogens is 346 g/mol. The van der Waals surface area contributed by atoms with E-state index in [-0.39, 0.29) is 0 Å². The molecule has 0 fully saturated rings. The fraction of sp³-hybridized carbons (Fsp3) is 0.176. The van der Waals surface area contributed by atoms with Crippen molar-refractivity contribution in [2.45, 2.75) is 6.61 Å². The molecule has 0 saturated heterocycles. The molecule has 0 aliphatic rings. The zero-order chi connectivity index (χ0) is 17.4. The van der Waals surface area contributed by atoms with E-state index in [0.29, 0.717) is 28.2 Å².